The number of benzene rings is 1. The lowest BCUT2D eigenvalue weighted by Gasteiger charge is -2.35. The van der Waals surface area contributed by atoms with Gasteiger partial charge in [-0.25, -0.2) is 4.98 Å². The number of anilines is 2. The smallest absolute Gasteiger partial charge is 0.255 e. The Labute approximate surface area is 188 Å². The van der Waals surface area contributed by atoms with Crippen molar-refractivity contribution in [3.8, 4) is 11.3 Å². The molecule has 2 aromatic heterocycles. The summed E-state index contributed by atoms with van der Waals surface area (Å²) in [5.74, 6) is 1.16. The van der Waals surface area contributed by atoms with Crippen LogP contribution in [0.25, 0.3) is 11.3 Å². The molecule has 1 aromatic carbocycles. The van der Waals surface area contributed by atoms with E-state index in [0.717, 1.165) is 63.7 Å². The Bertz CT molecular complexity index is 1110. The molecule has 32 heavy (non-hydrogen) atoms. The molecule has 2 saturated heterocycles. The Kier molecular flexibility index (Phi) is 5.90. The van der Waals surface area contributed by atoms with Gasteiger partial charge in [-0.2, -0.15) is 0 Å². The van der Waals surface area contributed by atoms with Crippen molar-refractivity contribution in [1.29, 1.82) is 0 Å². The largest absolute Gasteiger partial charge is 0.378 e. The van der Waals surface area contributed by atoms with Gasteiger partial charge in [0.2, 0.25) is 5.95 Å². The fourth-order valence-electron chi connectivity index (χ4n) is 4.69. The van der Waals surface area contributed by atoms with E-state index >= 15 is 0 Å². The molecule has 2 fully saturated rings. The van der Waals surface area contributed by atoms with Crippen LogP contribution in [0.2, 0.25) is 0 Å². The lowest BCUT2D eigenvalue weighted by Crippen LogP contribution is -2.38. The van der Waals surface area contributed by atoms with Gasteiger partial charge in [-0.3, -0.25) is 14.3 Å². The zero-order valence-electron chi connectivity index (χ0n) is 18.5. The SMILES string of the molecule is Cn1c(N2CCCC(c3ccc(N4CCOCC4)cc3)C2)nc(-c2ccncc2)cc1=O. The number of aromatic nitrogens is 3. The highest BCUT2D eigenvalue weighted by Crippen LogP contribution is 2.31. The maximum Gasteiger partial charge on any atom is 0.255 e. The van der Waals surface area contributed by atoms with Crippen molar-refractivity contribution in [2.45, 2.75) is 18.8 Å². The van der Waals surface area contributed by atoms with Crippen LogP contribution in [-0.4, -0.2) is 53.9 Å². The van der Waals surface area contributed by atoms with E-state index in [1.165, 1.54) is 11.3 Å². The van der Waals surface area contributed by atoms with Crippen molar-refractivity contribution in [2.24, 2.45) is 7.05 Å². The molecule has 5 rings (SSSR count). The van der Waals surface area contributed by atoms with Gasteiger partial charge in [0.25, 0.3) is 5.56 Å². The van der Waals surface area contributed by atoms with Crippen LogP contribution in [0, 0.1) is 0 Å². The van der Waals surface area contributed by atoms with Crippen LogP contribution < -0.4 is 15.4 Å². The van der Waals surface area contributed by atoms with Crippen molar-refractivity contribution in [2.75, 3.05) is 49.2 Å². The summed E-state index contributed by atoms with van der Waals surface area (Å²) in [6.07, 6.45) is 5.67. The van der Waals surface area contributed by atoms with Crippen LogP contribution >= 0.6 is 0 Å². The van der Waals surface area contributed by atoms with E-state index in [2.05, 4.69) is 39.0 Å². The zero-order valence-corrected chi connectivity index (χ0v) is 18.5. The normalized spacial score (nSPS) is 19.2. The summed E-state index contributed by atoms with van der Waals surface area (Å²) in [6, 6.07) is 14.4. The Balaban J connectivity index is 1.37. The number of ether oxygens (including phenoxy) is 1. The Hall–Kier alpha value is -3.19. The monoisotopic (exact) mass is 431 g/mol. The van der Waals surface area contributed by atoms with Crippen LogP contribution in [0.5, 0.6) is 0 Å². The van der Waals surface area contributed by atoms with E-state index in [9.17, 15) is 4.79 Å². The van der Waals surface area contributed by atoms with Gasteiger partial charge >= 0.3 is 0 Å². The third-order valence-electron chi connectivity index (χ3n) is 6.53. The highest BCUT2D eigenvalue weighted by atomic mass is 16.5. The maximum absolute atomic E-state index is 12.7. The molecule has 0 bridgehead atoms. The minimum absolute atomic E-state index is 0.0428. The second-order valence-electron chi connectivity index (χ2n) is 8.55. The molecular formula is C25H29N5O2. The van der Waals surface area contributed by atoms with E-state index in [1.807, 2.05) is 19.2 Å². The molecule has 0 spiro atoms. The first-order valence-corrected chi connectivity index (χ1v) is 11.3. The summed E-state index contributed by atoms with van der Waals surface area (Å²) in [5, 5.41) is 0. The molecule has 0 saturated carbocycles. The van der Waals surface area contributed by atoms with Crippen molar-refractivity contribution < 1.29 is 4.74 Å². The van der Waals surface area contributed by atoms with E-state index in [-0.39, 0.29) is 5.56 Å². The molecule has 1 unspecified atom stereocenters. The summed E-state index contributed by atoms with van der Waals surface area (Å²) in [4.78, 5) is 26.3. The first-order valence-electron chi connectivity index (χ1n) is 11.3. The molecule has 4 heterocycles. The van der Waals surface area contributed by atoms with Crippen molar-refractivity contribution >= 4 is 11.6 Å². The molecule has 0 N–H and O–H groups in total. The molecule has 2 aliphatic heterocycles. The van der Waals surface area contributed by atoms with E-state index in [1.54, 1.807) is 23.0 Å². The van der Waals surface area contributed by atoms with Gasteiger partial charge in [0.05, 0.1) is 18.9 Å². The number of hydrogen-bond acceptors (Lipinski definition) is 6. The Morgan fingerprint density at radius 1 is 0.969 bits per heavy atom. The predicted octanol–water partition coefficient (Wildman–Crippen LogP) is 3.06. The fraction of sp³-hybridized carbons (Fsp3) is 0.400. The van der Waals surface area contributed by atoms with E-state index < -0.39 is 0 Å². The van der Waals surface area contributed by atoms with Crippen LogP contribution in [0.15, 0.2) is 59.7 Å². The van der Waals surface area contributed by atoms with E-state index in [0.29, 0.717) is 11.6 Å². The van der Waals surface area contributed by atoms with Gasteiger partial charge in [-0.05, 0) is 42.7 Å². The minimum Gasteiger partial charge on any atom is -0.378 e. The number of morpholine rings is 1. The van der Waals surface area contributed by atoms with Crippen molar-refractivity contribution in [3.63, 3.8) is 0 Å². The summed E-state index contributed by atoms with van der Waals surface area (Å²) < 4.78 is 7.13. The molecule has 1 atom stereocenters. The highest BCUT2D eigenvalue weighted by molar-refractivity contribution is 5.59. The molecule has 2 aliphatic rings. The molecule has 0 aliphatic carbocycles. The van der Waals surface area contributed by atoms with Crippen LogP contribution in [0.1, 0.15) is 24.3 Å². The maximum atomic E-state index is 12.7. The fourth-order valence-corrected chi connectivity index (χ4v) is 4.69. The summed E-state index contributed by atoms with van der Waals surface area (Å²) >= 11 is 0. The third-order valence-corrected chi connectivity index (χ3v) is 6.53. The topological polar surface area (TPSA) is 63.5 Å². The van der Waals surface area contributed by atoms with Crippen LogP contribution in [0.4, 0.5) is 11.6 Å². The standard InChI is InChI=1S/C25H29N5O2/c1-28-24(31)17-23(20-8-10-26-11-9-20)27-25(28)30-12-2-3-21(18-30)19-4-6-22(7-5-19)29-13-15-32-16-14-29/h4-11,17,21H,2-3,12-16,18H2,1H3. The average molecular weight is 432 g/mol. The van der Waals surface area contributed by atoms with Gasteiger partial charge in [0.15, 0.2) is 0 Å². The number of hydrogen-bond donors (Lipinski definition) is 0. The quantitative estimate of drug-likeness (QED) is 0.633. The molecule has 7 heteroatoms. The number of rotatable bonds is 4. The molecule has 0 radical (unpaired) electrons. The van der Waals surface area contributed by atoms with Gasteiger partial charge < -0.3 is 14.5 Å². The summed E-state index contributed by atoms with van der Waals surface area (Å²) in [5.41, 5.74) is 4.17. The lowest BCUT2D eigenvalue weighted by molar-refractivity contribution is 0.122. The third kappa shape index (κ3) is 4.25. The van der Waals surface area contributed by atoms with Gasteiger partial charge in [-0.15, -0.1) is 0 Å². The predicted molar refractivity (Wildman–Crippen MR) is 126 cm³/mol. The Morgan fingerprint density at radius 3 is 2.47 bits per heavy atom. The lowest BCUT2D eigenvalue weighted by atomic mass is 9.90. The van der Waals surface area contributed by atoms with Crippen molar-refractivity contribution in [1.82, 2.24) is 14.5 Å². The minimum atomic E-state index is -0.0428. The van der Waals surface area contributed by atoms with Gasteiger partial charge in [0.1, 0.15) is 0 Å². The number of pyridine rings is 1. The number of piperidine rings is 1. The van der Waals surface area contributed by atoms with Crippen LogP contribution in [-0.2, 0) is 11.8 Å². The molecule has 166 valence electrons. The van der Waals surface area contributed by atoms with Gasteiger partial charge in [0, 0.05) is 68.9 Å². The average Bonchev–Trinajstić information content (AvgIpc) is 2.87. The second-order valence-corrected chi connectivity index (χ2v) is 8.55. The van der Waals surface area contributed by atoms with Gasteiger partial charge in [-0.1, -0.05) is 12.1 Å². The van der Waals surface area contributed by atoms with Crippen LogP contribution in [0.3, 0.4) is 0 Å². The molecular weight excluding hydrogens is 402 g/mol. The molecule has 0 amide bonds. The molecule has 3 aromatic rings. The van der Waals surface area contributed by atoms with E-state index in [4.69, 9.17) is 9.72 Å². The highest BCUT2D eigenvalue weighted by Gasteiger charge is 2.25. The zero-order chi connectivity index (χ0) is 21.9. The first kappa shape index (κ1) is 20.7. The molecule has 7 nitrogen and oxygen atoms in total. The Morgan fingerprint density at radius 2 is 1.72 bits per heavy atom. The summed E-state index contributed by atoms with van der Waals surface area (Å²) in [6.45, 7) is 5.25. The second kappa shape index (κ2) is 9.12. The van der Waals surface area contributed by atoms with Crippen molar-refractivity contribution in [3.05, 3.63) is 70.8 Å². The first-order chi connectivity index (χ1) is 15.7. The summed E-state index contributed by atoms with van der Waals surface area (Å²) in [7, 11) is 1.81. The number of nitrogens with zero attached hydrogens (tertiary/aromatic N) is 5.